The SMILES string of the molecule is Cc1[nH]ncc1CNC(=O)N[C@@H](CC(C)C)C(=O)O. The van der Waals surface area contributed by atoms with Crippen molar-refractivity contribution >= 4 is 12.0 Å². The maximum Gasteiger partial charge on any atom is 0.326 e. The van der Waals surface area contributed by atoms with Gasteiger partial charge in [-0.15, -0.1) is 0 Å². The Morgan fingerprint density at radius 1 is 1.47 bits per heavy atom. The van der Waals surface area contributed by atoms with Gasteiger partial charge in [-0.25, -0.2) is 9.59 Å². The Labute approximate surface area is 111 Å². The number of carbonyl (C=O) groups is 2. The predicted molar refractivity (Wildman–Crippen MR) is 69.6 cm³/mol. The molecule has 0 aliphatic heterocycles. The number of carboxylic acids is 1. The predicted octanol–water partition coefficient (Wildman–Crippen LogP) is 1.02. The fourth-order valence-electron chi connectivity index (χ4n) is 1.63. The molecule has 1 atom stereocenters. The third-order valence-corrected chi connectivity index (χ3v) is 2.68. The van der Waals surface area contributed by atoms with Gasteiger partial charge >= 0.3 is 12.0 Å². The molecule has 0 aliphatic carbocycles. The zero-order valence-electron chi connectivity index (χ0n) is 11.4. The van der Waals surface area contributed by atoms with Gasteiger partial charge in [0, 0.05) is 17.8 Å². The minimum atomic E-state index is -1.02. The number of hydrogen-bond acceptors (Lipinski definition) is 3. The van der Waals surface area contributed by atoms with Gasteiger partial charge in [0.05, 0.1) is 6.20 Å². The summed E-state index contributed by atoms with van der Waals surface area (Å²) < 4.78 is 0. The van der Waals surface area contributed by atoms with Gasteiger partial charge in [-0.3, -0.25) is 5.10 Å². The van der Waals surface area contributed by atoms with Crippen LogP contribution in [-0.2, 0) is 11.3 Å². The summed E-state index contributed by atoms with van der Waals surface area (Å²) in [5, 5.41) is 20.7. The Morgan fingerprint density at radius 3 is 2.63 bits per heavy atom. The van der Waals surface area contributed by atoms with Gasteiger partial charge in [0.1, 0.15) is 6.04 Å². The second-order valence-electron chi connectivity index (χ2n) is 4.87. The molecule has 0 saturated carbocycles. The number of aromatic nitrogens is 2. The molecule has 1 aromatic rings. The fourth-order valence-corrected chi connectivity index (χ4v) is 1.63. The minimum Gasteiger partial charge on any atom is -0.480 e. The summed E-state index contributed by atoms with van der Waals surface area (Å²) in [6.45, 7) is 5.97. The lowest BCUT2D eigenvalue weighted by atomic mass is 10.0. The van der Waals surface area contributed by atoms with Crippen molar-refractivity contribution in [2.75, 3.05) is 0 Å². The second-order valence-corrected chi connectivity index (χ2v) is 4.87. The highest BCUT2D eigenvalue weighted by atomic mass is 16.4. The van der Waals surface area contributed by atoms with E-state index in [0.29, 0.717) is 13.0 Å². The molecule has 0 spiro atoms. The lowest BCUT2D eigenvalue weighted by molar-refractivity contribution is -0.139. The van der Waals surface area contributed by atoms with Crippen molar-refractivity contribution in [2.45, 2.75) is 39.8 Å². The zero-order chi connectivity index (χ0) is 14.4. The number of aliphatic carboxylic acids is 1. The zero-order valence-corrected chi connectivity index (χ0v) is 11.4. The summed E-state index contributed by atoms with van der Waals surface area (Å²) in [4.78, 5) is 22.6. The third-order valence-electron chi connectivity index (χ3n) is 2.68. The monoisotopic (exact) mass is 268 g/mol. The molecule has 0 radical (unpaired) electrons. The van der Waals surface area contributed by atoms with Crippen LogP contribution >= 0.6 is 0 Å². The number of nitrogens with zero attached hydrogens (tertiary/aromatic N) is 1. The number of aromatic amines is 1. The largest absolute Gasteiger partial charge is 0.480 e. The van der Waals surface area contributed by atoms with Gasteiger partial charge in [0.15, 0.2) is 0 Å². The Hall–Kier alpha value is -2.05. The van der Waals surface area contributed by atoms with Crippen molar-refractivity contribution in [1.82, 2.24) is 20.8 Å². The highest BCUT2D eigenvalue weighted by Gasteiger charge is 2.20. The highest BCUT2D eigenvalue weighted by molar-refractivity contribution is 5.82. The molecule has 7 nitrogen and oxygen atoms in total. The van der Waals surface area contributed by atoms with E-state index in [1.807, 2.05) is 20.8 Å². The molecular formula is C12H20N4O3. The quantitative estimate of drug-likeness (QED) is 0.617. The van der Waals surface area contributed by atoms with Crippen LogP contribution in [0.3, 0.4) is 0 Å². The number of carboxylic acid groups (broad SMARTS) is 1. The van der Waals surface area contributed by atoms with Crippen LogP contribution in [-0.4, -0.2) is 33.3 Å². The molecule has 2 amide bonds. The molecule has 0 bridgehead atoms. The first-order valence-electron chi connectivity index (χ1n) is 6.16. The van der Waals surface area contributed by atoms with Gasteiger partial charge in [-0.05, 0) is 19.3 Å². The molecule has 0 aromatic carbocycles. The van der Waals surface area contributed by atoms with E-state index >= 15 is 0 Å². The summed E-state index contributed by atoms with van der Waals surface area (Å²) in [5.41, 5.74) is 1.74. The van der Waals surface area contributed by atoms with Crippen molar-refractivity contribution in [1.29, 1.82) is 0 Å². The van der Waals surface area contributed by atoms with Crippen LogP contribution in [0.2, 0.25) is 0 Å². The number of urea groups is 1. The molecule has 0 saturated heterocycles. The van der Waals surface area contributed by atoms with Crippen molar-refractivity contribution in [3.63, 3.8) is 0 Å². The van der Waals surface area contributed by atoms with Gasteiger partial charge in [0.2, 0.25) is 0 Å². The van der Waals surface area contributed by atoms with Crippen molar-refractivity contribution in [2.24, 2.45) is 5.92 Å². The molecule has 0 unspecified atom stereocenters. The molecule has 4 N–H and O–H groups in total. The van der Waals surface area contributed by atoms with E-state index in [1.54, 1.807) is 6.20 Å². The van der Waals surface area contributed by atoms with Crippen molar-refractivity contribution in [3.8, 4) is 0 Å². The number of hydrogen-bond donors (Lipinski definition) is 4. The topological polar surface area (TPSA) is 107 Å². The lowest BCUT2D eigenvalue weighted by Gasteiger charge is -2.16. The molecular weight excluding hydrogens is 248 g/mol. The van der Waals surface area contributed by atoms with Crippen LogP contribution in [0.4, 0.5) is 4.79 Å². The Morgan fingerprint density at radius 2 is 2.16 bits per heavy atom. The summed E-state index contributed by atoms with van der Waals surface area (Å²) in [6.07, 6.45) is 2.02. The van der Waals surface area contributed by atoms with Crippen LogP contribution in [0.15, 0.2) is 6.20 Å². The van der Waals surface area contributed by atoms with Gasteiger partial charge in [0.25, 0.3) is 0 Å². The van der Waals surface area contributed by atoms with Crippen LogP contribution in [0.5, 0.6) is 0 Å². The molecule has 7 heteroatoms. The van der Waals surface area contributed by atoms with Crippen LogP contribution < -0.4 is 10.6 Å². The van der Waals surface area contributed by atoms with Crippen LogP contribution in [0.1, 0.15) is 31.5 Å². The number of amides is 2. The highest BCUT2D eigenvalue weighted by Crippen LogP contribution is 2.05. The average molecular weight is 268 g/mol. The van der Waals surface area contributed by atoms with E-state index in [2.05, 4.69) is 20.8 Å². The first kappa shape index (κ1) is 15.0. The first-order chi connectivity index (χ1) is 8.90. The van der Waals surface area contributed by atoms with Gasteiger partial charge in [-0.1, -0.05) is 13.8 Å². The standard InChI is InChI=1S/C12H20N4O3/c1-7(2)4-10(11(17)18)15-12(19)13-5-9-6-14-16-8(9)3/h6-7,10H,4-5H2,1-3H3,(H,14,16)(H,17,18)(H2,13,15,19)/t10-/m0/s1. The number of rotatable bonds is 6. The number of nitrogens with one attached hydrogen (secondary N) is 3. The normalized spacial score (nSPS) is 12.2. The van der Waals surface area contributed by atoms with E-state index in [-0.39, 0.29) is 5.92 Å². The lowest BCUT2D eigenvalue weighted by Crippen LogP contribution is -2.46. The molecule has 1 heterocycles. The summed E-state index contributed by atoms with van der Waals surface area (Å²) in [7, 11) is 0. The molecule has 0 fully saturated rings. The minimum absolute atomic E-state index is 0.192. The van der Waals surface area contributed by atoms with Crippen molar-refractivity contribution < 1.29 is 14.7 Å². The van der Waals surface area contributed by atoms with E-state index in [4.69, 9.17) is 5.11 Å². The van der Waals surface area contributed by atoms with E-state index in [9.17, 15) is 9.59 Å². The van der Waals surface area contributed by atoms with Crippen LogP contribution in [0.25, 0.3) is 0 Å². The van der Waals surface area contributed by atoms with Gasteiger partial charge in [-0.2, -0.15) is 5.10 Å². The summed E-state index contributed by atoms with van der Waals surface area (Å²) in [5.74, 6) is -0.833. The van der Waals surface area contributed by atoms with E-state index in [1.165, 1.54) is 0 Å². The maximum absolute atomic E-state index is 11.6. The Bertz CT molecular complexity index is 442. The maximum atomic E-state index is 11.6. The van der Waals surface area contributed by atoms with Gasteiger partial charge < -0.3 is 15.7 Å². The molecule has 0 aliphatic rings. The summed E-state index contributed by atoms with van der Waals surface area (Å²) >= 11 is 0. The smallest absolute Gasteiger partial charge is 0.326 e. The molecule has 1 aromatic heterocycles. The molecule has 106 valence electrons. The number of aryl methyl sites for hydroxylation is 1. The Kier molecular flexibility index (Phi) is 5.35. The molecule has 1 rings (SSSR count). The number of H-pyrrole nitrogens is 1. The molecule has 19 heavy (non-hydrogen) atoms. The number of carbonyl (C=O) groups excluding carboxylic acids is 1. The van der Waals surface area contributed by atoms with Crippen LogP contribution in [0, 0.1) is 12.8 Å². The van der Waals surface area contributed by atoms with E-state index in [0.717, 1.165) is 11.3 Å². The third kappa shape index (κ3) is 4.99. The van der Waals surface area contributed by atoms with Crippen molar-refractivity contribution in [3.05, 3.63) is 17.5 Å². The first-order valence-corrected chi connectivity index (χ1v) is 6.16. The summed E-state index contributed by atoms with van der Waals surface area (Å²) in [6, 6.07) is -1.36. The average Bonchev–Trinajstić information content (AvgIpc) is 2.70. The fraction of sp³-hybridized carbons (Fsp3) is 0.583. The Balaban J connectivity index is 2.45. The van der Waals surface area contributed by atoms with E-state index < -0.39 is 18.0 Å². The second kappa shape index (κ2) is 6.77.